The molecule has 0 spiro atoms. The zero-order valence-corrected chi connectivity index (χ0v) is 22.3. The van der Waals surface area contributed by atoms with E-state index in [0.717, 1.165) is 42.1 Å². The van der Waals surface area contributed by atoms with Crippen molar-refractivity contribution >= 4 is 29.4 Å². The number of nitrogens with zero attached hydrogens (tertiary/aromatic N) is 5. The van der Waals surface area contributed by atoms with E-state index in [2.05, 4.69) is 27.3 Å². The molecule has 0 saturated carbocycles. The van der Waals surface area contributed by atoms with Crippen LogP contribution in [0.25, 0.3) is 0 Å². The molecule has 2 aromatic carbocycles. The number of carbonyl (C=O) groups is 3. The van der Waals surface area contributed by atoms with Gasteiger partial charge in [-0.1, -0.05) is 30.3 Å². The third kappa shape index (κ3) is 5.36. The predicted octanol–water partition coefficient (Wildman–Crippen LogP) is 2.73. The molecule has 0 radical (unpaired) electrons. The van der Waals surface area contributed by atoms with Crippen LogP contribution in [-0.2, 0) is 27.4 Å². The van der Waals surface area contributed by atoms with Crippen molar-refractivity contribution in [3.8, 4) is 0 Å². The van der Waals surface area contributed by atoms with Crippen LogP contribution in [0.5, 0.6) is 0 Å². The van der Waals surface area contributed by atoms with Crippen molar-refractivity contribution < 1.29 is 23.9 Å². The smallest absolute Gasteiger partial charge is 0.434 e. The Morgan fingerprint density at radius 3 is 2.26 bits per heavy atom. The van der Waals surface area contributed by atoms with Crippen molar-refractivity contribution in [2.45, 2.75) is 19.2 Å². The fraction of sp³-hybridized carbons (Fsp3) is 0.357. The summed E-state index contributed by atoms with van der Waals surface area (Å²) in [5, 5.41) is 7.14. The maximum Gasteiger partial charge on any atom is 0.434 e. The molecule has 204 valence electrons. The van der Waals surface area contributed by atoms with Crippen LogP contribution < -0.4 is 10.2 Å². The van der Waals surface area contributed by atoms with Crippen molar-refractivity contribution in [2.75, 3.05) is 57.7 Å². The fourth-order valence-corrected chi connectivity index (χ4v) is 4.98. The van der Waals surface area contributed by atoms with Crippen LogP contribution in [0.2, 0.25) is 0 Å². The van der Waals surface area contributed by atoms with Gasteiger partial charge in [-0.3, -0.25) is 9.59 Å². The summed E-state index contributed by atoms with van der Waals surface area (Å²) in [6.45, 7) is 4.14. The van der Waals surface area contributed by atoms with Crippen molar-refractivity contribution in [2.24, 2.45) is 0 Å². The van der Waals surface area contributed by atoms with Gasteiger partial charge in [-0.15, -0.1) is 5.10 Å². The zero-order valence-electron chi connectivity index (χ0n) is 22.3. The molecule has 11 nitrogen and oxygen atoms in total. The summed E-state index contributed by atoms with van der Waals surface area (Å²) < 4.78 is 11.5. The van der Waals surface area contributed by atoms with Gasteiger partial charge in [-0.05, 0) is 36.9 Å². The number of benzene rings is 2. The lowest BCUT2D eigenvalue weighted by molar-refractivity contribution is -0.143. The quantitative estimate of drug-likeness (QED) is 0.516. The Bertz CT molecular complexity index is 1350. The number of likely N-dealkylation sites (N-methyl/N-ethyl adjacent to an activating group) is 1. The van der Waals surface area contributed by atoms with E-state index in [9.17, 15) is 14.4 Å². The second-order valence-electron chi connectivity index (χ2n) is 9.67. The topological polar surface area (TPSA) is 109 Å². The maximum absolute atomic E-state index is 13.4. The maximum atomic E-state index is 13.4. The van der Waals surface area contributed by atoms with E-state index >= 15 is 0 Å². The molecule has 1 unspecified atom stereocenters. The molecule has 0 aliphatic carbocycles. The lowest BCUT2D eigenvalue weighted by Crippen LogP contribution is -2.44. The van der Waals surface area contributed by atoms with Crippen molar-refractivity contribution in [1.29, 1.82) is 0 Å². The normalized spacial score (nSPS) is 16.1. The van der Waals surface area contributed by atoms with Gasteiger partial charge in [0.15, 0.2) is 11.9 Å². The molecule has 1 atom stereocenters. The number of hydrogen-bond donors (Lipinski definition) is 1. The largest absolute Gasteiger partial charge is 0.451 e. The van der Waals surface area contributed by atoms with Gasteiger partial charge < -0.3 is 29.5 Å². The van der Waals surface area contributed by atoms with Crippen LogP contribution in [0.4, 0.5) is 16.3 Å². The molecule has 1 fully saturated rings. The summed E-state index contributed by atoms with van der Waals surface area (Å²) >= 11 is 0. The first-order valence-corrected chi connectivity index (χ1v) is 12.8. The van der Waals surface area contributed by atoms with Gasteiger partial charge in [-0.2, -0.15) is 4.68 Å². The van der Waals surface area contributed by atoms with Gasteiger partial charge in [0, 0.05) is 50.1 Å². The molecule has 2 aliphatic heterocycles. The molecule has 0 bridgehead atoms. The molecule has 11 heteroatoms. The summed E-state index contributed by atoms with van der Waals surface area (Å²) in [6, 6.07) is 16.6. The van der Waals surface area contributed by atoms with Crippen molar-refractivity contribution in [1.82, 2.24) is 19.6 Å². The van der Waals surface area contributed by atoms with Gasteiger partial charge >= 0.3 is 6.09 Å². The number of hydrogen-bond acceptors (Lipinski definition) is 8. The highest BCUT2D eigenvalue weighted by molar-refractivity contribution is 6.04. The Morgan fingerprint density at radius 2 is 1.62 bits per heavy atom. The van der Waals surface area contributed by atoms with Crippen LogP contribution >= 0.6 is 0 Å². The summed E-state index contributed by atoms with van der Waals surface area (Å²) in [6.07, 6.45) is -1.50. The highest BCUT2D eigenvalue weighted by Crippen LogP contribution is 2.32. The van der Waals surface area contributed by atoms with Gasteiger partial charge in [0.2, 0.25) is 0 Å². The van der Waals surface area contributed by atoms with Gasteiger partial charge in [0.1, 0.15) is 0 Å². The number of rotatable bonds is 6. The van der Waals surface area contributed by atoms with Crippen molar-refractivity contribution in [3.63, 3.8) is 0 Å². The second-order valence-corrected chi connectivity index (χ2v) is 9.67. The van der Waals surface area contributed by atoms with Gasteiger partial charge in [0.05, 0.1) is 25.9 Å². The summed E-state index contributed by atoms with van der Waals surface area (Å²) in [5.74, 6) is -0.401. The molecular weight excluding hydrogens is 500 g/mol. The molecule has 2 aliphatic rings. The number of anilines is 2. The lowest BCUT2D eigenvalue weighted by Gasteiger charge is -2.34. The van der Waals surface area contributed by atoms with Crippen LogP contribution in [0.15, 0.2) is 54.6 Å². The molecular formula is C28H32N6O5. The van der Waals surface area contributed by atoms with Crippen LogP contribution in [0.1, 0.15) is 33.3 Å². The SMILES string of the molecule is COC(=O)n1nc(NC(=O)c2ccc(N3CCN(C)CC3)cc2)c2c1CN(C(=O)C(OC)c1ccccc1)C2. The number of aromatic nitrogens is 2. The molecule has 2 amide bonds. The van der Waals surface area contributed by atoms with E-state index < -0.39 is 12.2 Å². The third-order valence-corrected chi connectivity index (χ3v) is 7.23. The second kappa shape index (κ2) is 11.3. The van der Waals surface area contributed by atoms with E-state index in [0.29, 0.717) is 16.8 Å². The van der Waals surface area contributed by atoms with E-state index in [1.54, 1.807) is 17.0 Å². The standard InChI is InChI=1S/C28H32N6O5/c1-31-13-15-32(16-14-31)21-11-9-20(10-12-21)26(35)29-25-22-17-33(18-23(22)34(30-25)28(37)39-3)27(36)24(38-2)19-7-5-4-6-8-19/h4-12,24H,13-18H2,1-3H3,(H,29,30,35). The van der Waals surface area contributed by atoms with Crippen LogP contribution in [-0.4, -0.2) is 84.9 Å². The highest BCUT2D eigenvalue weighted by atomic mass is 16.5. The van der Waals surface area contributed by atoms with E-state index in [1.165, 1.54) is 14.2 Å². The molecule has 5 rings (SSSR count). The third-order valence-electron chi connectivity index (χ3n) is 7.23. The number of piperazine rings is 1. The molecule has 1 saturated heterocycles. The Balaban J connectivity index is 1.34. The van der Waals surface area contributed by atoms with Crippen molar-refractivity contribution in [3.05, 3.63) is 77.0 Å². The van der Waals surface area contributed by atoms with Crippen LogP contribution in [0.3, 0.4) is 0 Å². The number of nitrogens with one attached hydrogen (secondary N) is 1. The molecule has 3 aromatic rings. The molecule has 1 N–H and O–H groups in total. The zero-order chi connectivity index (χ0) is 27.5. The Kier molecular flexibility index (Phi) is 7.62. The monoisotopic (exact) mass is 532 g/mol. The summed E-state index contributed by atoms with van der Waals surface area (Å²) in [7, 11) is 4.85. The average Bonchev–Trinajstić information content (AvgIpc) is 3.54. The minimum absolute atomic E-state index is 0.124. The van der Waals surface area contributed by atoms with E-state index in [4.69, 9.17) is 9.47 Å². The summed E-state index contributed by atoms with van der Waals surface area (Å²) in [5.41, 5.74) is 3.32. The van der Waals surface area contributed by atoms with Crippen LogP contribution in [0, 0.1) is 0 Å². The average molecular weight is 533 g/mol. The lowest BCUT2D eigenvalue weighted by atomic mass is 10.1. The van der Waals surface area contributed by atoms with E-state index in [1.807, 2.05) is 42.5 Å². The number of amides is 2. The van der Waals surface area contributed by atoms with Gasteiger partial charge in [0.25, 0.3) is 11.8 Å². The molecule has 1 aromatic heterocycles. The number of fused-ring (bicyclic) bond motifs is 1. The number of ether oxygens (including phenoxy) is 2. The molecule has 39 heavy (non-hydrogen) atoms. The number of methoxy groups -OCH3 is 2. The first kappa shape index (κ1) is 26.4. The predicted molar refractivity (Wildman–Crippen MR) is 145 cm³/mol. The Morgan fingerprint density at radius 1 is 0.923 bits per heavy atom. The first-order valence-electron chi connectivity index (χ1n) is 12.8. The highest BCUT2D eigenvalue weighted by Gasteiger charge is 2.36. The summed E-state index contributed by atoms with van der Waals surface area (Å²) in [4.78, 5) is 45.2. The molecule has 3 heterocycles. The minimum atomic E-state index is -0.799. The minimum Gasteiger partial charge on any atom is -0.451 e. The van der Waals surface area contributed by atoms with E-state index in [-0.39, 0.29) is 30.7 Å². The Labute approximate surface area is 226 Å². The first-order chi connectivity index (χ1) is 18.9. The fourth-order valence-electron chi connectivity index (χ4n) is 4.98. The number of carbonyl (C=O) groups excluding carboxylic acids is 3. The Hall–Kier alpha value is -4.22. The van der Waals surface area contributed by atoms with Gasteiger partial charge in [-0.25, -0.2) is 4.79 Å².